The predicted octanol–water partition coefficient (Wildman–Crippen LogP) is 1.62. The number of esters is 2. The first kappa shape index (κ1) is 21.1. The van der Waals surface area contributed by atoms with Gasteiger partial charge in [-0.25, -0.2) is 4.90 Å². The minimum absolute atomic E-state index is 0.191. The summed E-state index contributed by atoms with van der Waals surface area (Å²) in [5.74, 6) is -5.28. The molecule has 0 aromatic heterocycles. The maximum absolute atomic E-state index is 13.4. The van der Waals surface area contributed by atoms with Gasteiger partial charge in [0.2, 0.25) is 11.8 Å². The Morgan fingerprint density at radius 1 is 1.23 bits per heavy atom. The van der Waals surface area contributed by atoms with E-state index in [1.807, 2.05) is 0 Å². The molecule has 2 fully saturated rings. The quantitative estimate of drug-likeness (QED) is 0.149. The first-order valence-electron chi connectivity index (χ1n) is 9.10. The number of benzene rings is 1. The standard InChI is InChI=1S/C19H15BrN2O9/c1-8(23)29-18(30-9(2)24)19-6-5-13(31-19)14-15(19)17(26)21(16(14)25)11-4-3-10(20)7-12(11)22(27)28/h3-7,13-15,18H,1-2H3/t13-,14+,15-,19-/m1/s1. The highest BCUT2D eigenvalue weighted by molar-refractivity contribution is 9.10. The number of hydrogen-bond donors (Lipinski definition) is 0. The summed E-state index contributed by atoms with van der Waals surface area (Å²) in [5, 5.41) is 11.5. The Hall–Kier alpha value is -3.12. The van der Waals surface area contributed by atoms with Crippen molar-refractivity contribution in [3.05, 3.63) is 44.9 Å². The Labute approximate surface area is 183 Å². The molecule has 0 N–H and O–H groups in total. The highest BCUT2D eigenvalue weighted by atomic mass is 79.9. The number of ether oxygens (including phenoxy) is 3. The first-order valence-corrected chi connectivity index (χ1v) is 9.89. The Kier molecular flexibility index (Phi) is 4.93. The summed E-state index contributed by atoms with van der Waals surface area (Å²) in [6, 6.07) is 3.94. The van der Waals surface area contributed by atoms with E-state index in [2.05, 4.69) is 15.9 Å². The fraction of sp³-hybridized carbons (Fsp3) is 0.368. The van der Waals surface area contributed by atoms with E-state index in [4.69, 9.17) is 14.2 Å². The van der Waals surface area contributed by atoms with E-state index in [-0.39, 0.29) is 5.69 Å². The third kappa shape index (κ3) is 3.13. The summed E-state index contributed by atoms with van der Waals surface area (Å²) in [4.78, 5) is 61.4. The van der Waals surface area contributed by atoms with Crippen molar-refractivity contribution in [3.63, 3.8) is 0 Å². The third-order valence-electron chi connectivity index (χ3n) is 5.37. The molecule has 162 valence electrons. The van der Waals surface area contributed by atoms with E-state index in [0.717, 1.165) is 18.7 Å². The molecule has 1 aromatic carbocycles. The first-order chi connectivity index (χ1) is 14.6. The lowest BCUT2D eigenvalue weighted by Gasteiger charge is -2.34. The van der Waals surface area contributed by atoms with E-state index in [0.29, 0.717) is 4.47 Å². The van der Waals surface area contributed by atoms with Gasteiger partial charge in [0.1, 0.15) is 5.69 Å². The van der Waals surface area contributed by atoms with Crippen LogP contribution in [0.3, 0.4) is 0 Å². The fourth-order valence-corrected chi connectivity index (χ4v) is 4.64. The maximum atomic E-state index is 13.4. The van der Waals surface area contributed by atoms with E-state index < -0.39 is 64.2 Å². The van der Waals surface area contributed by atoms with Crippen LogP contribution in [0.1, 0.15) is 13.8 Å². The van der Waals surface area contributed by atoms with Gasteiger partial charge in [0.05, 0.1) is 22.9 Å². The summed E-state index contributed by atoms with van der Waals surface area (Å²) in [6.45, 7) is 2.18. The molecule has 2 bridgehead atoms. The minimum atomic E-state index is -1.72. The molecule has 3 aliphatic rings. The van der Waals surface area contributed by atoms with Crippen molar-refractivity contribution < 1.29 is 38.3 Å². The molecule has 0 unspecified atom stereocenters. The number of anilines is 1. The van der Waals surface area contributed by atoms with Gasteiger partial charge in [-0.05, 0) is 18.2 Å². The largest absolute Gasteiger partial charge is 0.422 e. The molecule has 1 aromatic rings. The van der Waals surface area contributed by atoms with E-state index in [9.17, 15) is 29.3 Å². The van der Waals surface area contributed by atoms with Crippen molar-refractivity contribution in [1.82, 2.24) is 0 Å². The van der Waals surface area contributed by atoms with Gasteiger partial charge in [-0.3, -0.25) is 29.3 Å². The Morgan fingerprint density at radius 3 is 2.45 bits per heavy atom. The van der Waals surface area contributed by atoms with Crippen molar-refractivity contribution in [2.24, 2.45) is 11.8 Å². The average Bonchev–Trinajstić information content (AvgIpc) is 3.32. The second-order valence-corrected chi connectivity index (χ2v) is 8.17. The number of carbonyl (C=O) groups is 4. The monoisotopic (exact) mass is 494 g/mol. The number of hydrogen-bond acceptors (Lipinski definition) is 9. The van der Waals surface area contributed by atoms with Crippen LogP contribution in [0.25, 0.3) is 0 Å². The molecule has 2 saturated heterocycles. The molecule has 3 aliphatic heterocycles. The topological polar surface area (TPSA) is 142 Å². The van der Waals surface area contributed by atoms with Crippen LogP contribution in [0.5, 0.6) is 0 Å². The fourth-order valence-electron chi connectivity index (χ4n) is 4.29. The number of carbonyl (C=O) groups excluding carboxylic acids is 4. The van der Waals surface area contributed by atoms with Crippen LogP contribution >= 0.6 is 15.9 Å². The number of amides is 2. The molecule has 4 rings (SSSR count). The Balaban J connectivity index is 1.79. The van der Waals surface area contributed by atoms with Crippen molar-refractivity contribution in [2.75, 3.05) is 4.90 Å². The molecule has 0 spiro atoms. The van der Waals surface area contributed by atoms with Gasteiger partial charge >= 0.3 is 11.9 Å². The smallest absolute Gasteiger partial charge is 0.305 e. The van der Waals surface area contributed by atoms with Gasteiger partial charge in [-0.2, -0.15) is 0 Å². The summed E-state index contributed by atoms with van der Waals surface area (Å²) < 4.78 is 16.5. The molecule has 0 aliphatic carbocycles. The molecule has 0 radical (unpaired) electrons. The summed E-state index contributed by atoms with van der Waals surface area (Å²) in [6.07, 6.45) is 0.483. The van der Waals surface area contributed by atoms with E-state index in [1.165, 1.54) is 30.4 Å². The van der Waals surface area contributed by atoms with Crippen LogP contribution in [-0.4, -0.2) is 46.7 Å². The summed E-state index contributed by atoms with van der Waals surface area (Å²) in [5.41, 5.74) is -2.36. The van der Waals surface area contributed by atoms with Gasteiger partial charge in [-0.1, -0.05) is 22.0 Å². The second kappa shape index (κ2) is 7.24. The Bertz CT molecular complexity index is 1050. The zero-order valence-electron chi connectivity index (χ0n) is 16.1. The normalized spacial score (nSPS) is 28.3. The zero-order chi connectivity index (χ0) is 22.7. The number of halogens is 1. The maximum Gasteiger partial charge on any atom is 0.305 e. The lowest BCUT2D eigenvalue weighted by Crippen LogP contribution is -2.52. The molecule has 4 atom stereocenters. The third-order valence-corrected chi connectivity index (χ3v) is 5.86. The molecular weight excluding hydrogens is 480 g/mol. The zero-order valence-corrected chi connectivity index (χ0v) is 17.7. The van der Waals surface area contributed by atoms with Crippen molar-refractivity contribution in [3.8, 4) is 0 Å². The van der Waals surface area contributed by atoms with Gasteiger partial charge in [0.15, 0.2) is 5.60 Å². The lowest BCUT2D eigenvalue weighted by atomic mass is 9.76. The number of nitrogens with zero attached hydrogens (tertiary/aromatic N) is 2. The molecule has 11 nitrogen and oxygen atoms in total. The highest BCUT2D eigenvalue weighted by Crippen LogP contribution is 2.55. The van der Waals surface area contributed by atoms with Gasteiger partial charge in [0.25, 0.3) is 12.0 Å². The number of nitro benzene ring substituents is 1. The van der Waals surface area contributed by atoms with Crippen LogP contribution < -0.4 is 4.90 Å². The van der Waals surface area contributed by atoms with Crippen molar-refractivity contribution in [1.29, 1.82) is 0 Å². The van der Waals surface area contributed by atoms with Crippen LogP contribution in [0.15, 0.2) is 34.8 Å². The van der Waals surface area contributed by atoms with Crippen LogP contribution in [0.4, 0.5) is 11.4 Å². The molecule has 31 heavy (non-hydrogen) atoms. The summed E-state index contributed by atoms with van der Waals surface area (Å²) >= 11 is 3.13. The number of nitro groups is 1. The SMILES string of the molecule is CC(=O)OC(OC(C)=O)[C@]12C=C[C@@H](O1)[C@@H]1C(=O)N(c3ccc(Br)cc3[N+](=O)[O-])C(=O)[C@@H]12. The number of imide groups is 1. The number of rotatable bonds is 5. The minimum Gasteiger partial charge on any atom is -0.422 e. The van der Waals surface area contributed by atoms with Crippen LogP contribution in [0, 0.1) is 22.0 Å². The molecular formula is C19H15BrN2O9. The van der Waals surface area contributed by atoms with Gasteiger partial charge in [-0.15, -0.1) is 0 Å². The van der Waals surface area contributed by atoms with Crippen molar-refractivity contribution in [2.45, 2.75) is 31.8 Å². The highest BCUT2D eigenvalue weighted by Gasteiger charge is 2.72. The number of fused-ring (bicyclic) bond motifs is 5. The predicted molar refractivity (Wildman–Crippen MR) is 104 cm³/mol. The Morgan fingerprint density at radius 2 is 1.87 bits per heavy atom. The second-order valence-electron chi connectivity index (χ2n) is 7.25. The van der Waals surface area contributed by atoms with Crippen LogP contribution in [0.2, 0.25) is 0 Å². The lowest BCUT2D eigenvalue weighted by molar-refractivity contribution is -0.384. The van der Waals surface area contributed by atoms with E-state index >= 15 is 0 Å². The molecule has 3 heterocycles. The average molecular weight is 495 g/mol. The molecule has 2 amide bonds. The van der Waals surface area contributed by atoms with Gasteiger partial charge < -0.3 is 14.2 Å². The molecule has 0 saturated carbocycles. The van der Waals surface area contributed by atoms with Gasteiger partial charge in [0, 0.05) is 24.4 Å². The van der Waals surface area contributed by atoms with E-state index in [1.54, 1.807) is 0 Å². The van der Waals surface area contributed by atoms with Crippen molar-refractivity contribution >= 4 is 51.1 Å². The molecule has 12 heteroatoms. The van der Waals surface area contributed by atoms with Crippen LogP contribution in [-0.2, 0) is 33.4 Å². The summed E-state index contributed by atoms with van der Waals surface area (Å²) in [7, 11) is 0.